The van der Waals surface area contributed by atoms with Gasteiger partial charge in [-0.15, -0.1) is 11.3 Å². The van der Waals surface area contributed by atoms with Crippen LogP contribution in [0.3, 0.4) is 0 Å². The van der Waals surface area contributed by atoms with E-state index in [9.17, 15) is 14.4 Å². The molecule has 1 aliphatic heterocycles. The van der Waals surface area contributed by atoms with Crippen LogP contribution in [-0.4, -0.2) is 34.3 Å². The van der Waals surface area contributed by atoms with Crippen molar-refractivity contribution in [2.24, 2.45) is 4.99 Å². The molecule has 0 spiro atoms. The minimum atomic E-state index is -0.612. The molecule has 0 fully saturated rings. The molecular weight excluding hydrogens is 522 g/mol. The fourth-order valence-electron chi connectivity index (χ4n) is 4.82. The number of thiophene rings is 1. The quantitative estimate of drug-likeness (QED) is 0.328. The first kappa shape index (κ1) is 25.9. The minimum Gasteiger partial charge on any atom is -0.465 e. The van der Waals surface area contributed by atoms with Gasteiger partial charge in [-0.05, 0) is 51.3 Å². The number of rotatable bonds is 7. The summed E-state index contributed by atoms with van der Waals surface area (Å²) in [5, 5.41) is 2.85. The molecule has 8 nitrogen and oxygen atoms in total. The van der Waals surface area contributed by atoms with Crippen molar-refractivity contribution >= 4 is 51.6 Å². The number of allylic oxidation sites excluding steroid dienone is 1. The second-order valence-corrected chi connectivity index (χ2v) is 10.7. The van der Waals surface area contributed by atoms with Crippen molar-refractivity contribution < 1.29 is 19.1 Å². The lowest BCUT2D eigenvalue weighted by Crippen LogP contribution is -2.39. The largest absolute Gasteiger partial charge is 0.465 e. The lowest BCUT2D eigenvalue weighted by Gasteiger charge is -2.23. The number of aromatic nitrogens is 2. The van der Waals surface area contributed by atoms with Gasteiger partial charge < -0.3 is 14.0 Å². The Kier molecular flexibility index (Phi) is 7.18. The van der Waals surface area contributed by atoms with Gasteiger partial charge in [0.25, 0.3) is 5.56 Å². The molecule has 0 saturated carbocycles. The second kappa shape index (κ2) is 10.5. The van der Waals surface area contributed by atoms with E-state index in [2.05, 4.69) is 4.99 Å². The van der Waals surface area contributed by atoms with Gasteiger partial charge in [-0.1, -0.05) is 35.6 Å². The molecule has 4 aromatic rings. The molecule has 1 unspecified atom stereocenters. The third-order valence-electron chi connectivity index (χ3n) is 6.48. The summed E-state index contributed by atoms with van der Waals surface area (Å²) in [6, 6.07) is 11.0. The highest BCUT2D eigenvalue weighted by atomic mass is 32.1. The number of carbonyl (C=O) groups is 2. The lowest BCUT2D eigenvalue weighted by molar-refractivity contribution is -0.143. The molecule has 4 heterocycles. The van der Waals surface area contributed by atoms with Crippen LogP contribution < -0.4 is 14.9 Å². The Bertz CT molecular complexity index is 1760. The second-order valence-electron chi connectivity index (χ2n) is 8.73. The highest BCUT2D eigenvalue weighted by Gasteiger charge is 2.34. The Hall–Kier alpha value is -3.76. The highest BCUT2D eigenvalue weighted by Crippen LogP contribution is 2.33. The monoisotopic (exact) mass is 549 g/mol. The van der Waals surface area contributed by atoms with Gasteiger partial charge in [-0.3, -0.25) is 14.2 Å². The fraction of sp³-hybridized carbons (Fsp3) is 0.286. The van der Waals surface area contributed by atoms with Crippen LogP contribution in [0.1, 0.15) is 42.9 Å². The van der Waals surface area contributed by atoms with E-state index < -0.39 is 12.0 Å². The number of esters is 2. The number of carbonyl (C=O) groups excluding carboxylic acids is 2. The summed E-state index contributed by atoms with van der Waals surface area (Å²) in [5.74, 6) is -0.792. The van der Waals surface area contributed by atoms with Gasteiger partial charge in [-0.25, -0.2) is 9.79 Å². The number of para-hydroxylation sites is 1. The molecule has 0 radical (unpaired) electrons. The number of fused-ring (bicyclic) bond motifs is 2. The van der Waals surface area contributed by atoms with Crippen molar-refractivity contribution in [2.75, 3.05) is 13.2 Å². The number of thiazole rings is 1. The van der Waals surface area contributed by atoms with Gasteiger partial charge in [0.1, 0.15) is 12.6 Å². The van der Waals surface area contributed by atoms with Crippen LogP contribution in [-0.2, 0) is 25.6 Å². The van der Waals surface area contributed by atoms with Crippen LogP contribution in [0.4, 0.5) is 0 Å². The summed E-state index contributed by atoms with van der Waals surface area (Å²) in [7, 11) is 0. The summed E-state index contributed by atoms with van der Waals surface area (Å²) in [5.41, 5.74) is 3.26. The Morgan fingerprint density at radius 1 is 1.08 bits per heavy atom. The lowest BCUT2D eigenvalue weighted by atomic mass is 10.0. The maximum absolute atomic E-state index is 13.9. The van der Waals surface area contributed by atoms with E-state index in [1.807, 2.05) is 59.3 Å². The first-order valence-electron chi connectivity index (χ1n) is 12.3. The SMILES string of the molecule is CCOC(=O)Cn1c(C)c(/C=c2\sc3n(c2=O)C(c2cccs2)C(C(=O)OCC)=C(C)N=3)c2ccccc21. The number of nitrogens with zero attached hydrogens (tertiary/aromatic N) is 3. The standard InChI is InChI=1S/C28H27N3O5S2/c1-5-35-23(32)15-30-17(4)19(18-10-7-8-11-20(18)30)14-22-26(33)31-25(21-12-9-13-37-21)24(27(34)36-6-2)16(3)29-28(31)38-22/h7-14,25H,5-6,15H2,1-4H3/b22-14-. The summed E-state index contributed by atoms with van der Waals surface area (Å²) in [4.78, 5) is 45.2. The molecule has 0 amide bonds. The highest BCUT2D eigenvalue weighted by molar-refractivity contribution is 7.10. The number of benzene rings is 1. The predicted octanol–water partition coefficient (Wildman–Crippen LogP) is 3.69. The molecule has 0 N–H and O–H groups in total. The smallest absolute Gasteiger partial charge is 0.338 e. The van der Waals surface area contributed by atoms with E-state index in [0.29, 0.717) is 27.2 Å². The number of ether oxygens (including phenoxy) is 2. The summed E-state index contributed by atoms with van der Waals surface area (Å²) in [6.45, 7) is 7.86. The van der Waals surface area contributed by atoms with Gasteiger partial charge >= 0.3 is 11.9 Å². The van der Waals surface area contributed by atoms with Gasteiger partial charge in [-0.2, -0.15) is 0 Å². The minimum absolute atomic E-state index is 0.0791. The number of hydrogen-bond acceptors (Lipinski definition) is 8. The maximum Gasteiger partial charge on any atom is 0.338 e. The van der Waals surface area contributed by atoms with Gasteiger partial charge in [0, 0.05) is 27.0 Å². The summed E-state index contributed by atoms with van der Waals surface area (Å²) >= 11 is 2.76. The van der Waals surface area contributed by atoms with E-state index in [-0.39, 0.29) is 24.7 Å². The maximum atomic E-state index is 13.9. The van der Waals surface area contributed by atoms with Crippen LogP contribution in [0.15, 0.2) is 62.8 Å². The van der Waals surface area contributed by atoms with Crippen LogP contribution in [0.5, 0.6) is 0 Å². The van der Waals surface area contributed by atoms with Gasteiger partial charge in [0.15, 0.2) is 4.80 Å². The molecule has 38 heavy (non-hydrogen) atoms. The number of hydrogen-bond donors (Lipinski definition) is 0. The molecule has 0 bridgehead atoms. The van der Waals surface area contributed by atoms with Gasteiger partial charge in [0.05, 0.1) is 29.0 Å². The van der Waals surface area contributed by atoms with Crippen molar-refractivity contribution in [2.45, 2.75) is 40.3 Å². The zero-order chi connectivity index (χ0) is 27.0. The molecule has 1 aliphatic rings. The summed E-state index contributed by atoms with van der Waals surface area (Å²) in [6.07, 6.45) is 1.86. The zero-order valence-corrected chi connectivity index (χ0v) is 23.1. The predicted molar refractivity (Wildman–Crippen MR) is 148 cm³/mol. The third kappa shape index (κ3) is 4.43. The first-order chi connectivity index (χ1) is 18.3. The fourth-order valence-corrected chi connectivity index (χ4v) is 6.67. The van der Waals surface area contributed by atoms with Crippen LogP contribution in [0, 0.1) is 6.92 Å². The van der Waals surface area contributed by atoms with E-state index >= 15 is 0 Å². The Balaban J connectivity index is 1.71. The van der Waals surface area contributed by atoms with Crippen molar-refractivity contribution in [3.63, 3.8) is 0 Å². The molecule has 196 valence electrons. The van der Waals surface area contributed by atoms with Crippen LogP contribution in [0.2, 0.25) is 0 Å². The van der Waals surface area contributed by atoms with E-state index in [1.54, 1.807) is 25.3 Å². The Morgan fingerprint density at radius 3 is 2.55 bits per heavy atom. The first-order valence-corrected chi connectivity index (χ1v) is 14.0. The molecule has 5 rings (SSSR count). The van der Waals surface area contributed by atoms with E-state index in [0.717, 1.165) is 27.0 Å². The van der Waals surface area contributed by atoms with E-state index in [1.165, 1.54) is 22.7 Å². The van der Waals surface area contributed by atoms with Crippen LogP contribution in [0.25, 0.3) is 17.0 Å². The Labute approximate surface area is 226 Å². The zero-order valence-electron chi connectivity index (χ0n) is 21.5. The average Bonchev–Trinajstić information content (AvgIpc) is 3.59. The van der Waals surface area contributed by atoms with Gasteiger partial charge in [0.2, 0.25) is 0 Å². The van der Waals surface area contributed by atoms with Crippen molar-refractivity contribution in [1.82, 2.24) is 9.13 Å². The topological polar surface area (TPSA) is 91.9 Å². The van der Waals surface area contributed by atoms with Crippen molar-refractivity contribution in [3.05, 3.63) is 88.9 Å². The normalized spacial score (nSPS) is 15.5. The van der Waals surface area contributed by atoms with Crippen molar-refractivity contribution in [3.8, 4) is 0 Å². The summed E-state index contributed by atoms with van der Waals surface area (Å²) < 4.78 is 14.5. The molecule has 10 heteroatoms. The molecule has 1 atom stereocenters. The molecule has 0 aliphatic carbocycles. The van der Waals surface area contributed by atoms with E-state index in [4.69, 9.17) is 9.47 Å². The molecule has 0 saturated heterocycles. The molecule has 3 aromatic heterocycles. The molecule has 1 aromatic carbocycles. The third-order valence-corrected chi connectivity index (χ3v) is 8.39. The van der Waals surface area contributed by atoms with Crippen molar-refractivity contribution in [1.29, 1.82) is 0 Å². The average molecular weight is 550 g/mol. The van der Waals surface area contributed by atoms with Crippen LogP contribution >= 0.6 is 22.7 Å². The molecular formula is C28H27N3O5S2. The Morgan fingerprint density at radius 2 is 1.84 bits per heavy atom.